The number of pyridine rings is 1. The molecule has 2 aromatic heterocycles. The van der Waals surface area contributed by atoms with Gasteiger partial charge in [-0.15, -0.1) is 0 Å². The van der Waals surface area contributed by atoms with Gasteiger partial charge in [0.1, 0.15) is 11.3 Å². The van der Waals surface area contributed by atoms with Gasteiger partial charge in [0.2, 0.25) is 5.58 Å². The third kappa shape index (κ3) is 4.78. The van der Waals surface area contributed by atoms with Crippen molar-refractivity contribution in [3.63, 3.8) is 0 Å². The van der Waals surface area contributed by atoms with E-state index in [4.69, 9.17) is 32.7 Å². The Kier molecular flexibility index (Phi) is 6.65. The molecule has 2 atom stereocenters. The Balaban J connectivity index is 1.30. The van der Waals surface area contributed by atoms with Gasteiger partial charge in [0.25, 0.3) is 0 Å². The summed E-state index contributed by atoms with van der Waals surface area (Å²) in [4.78, 5) is 9.51. The monoisotopic (exact) mass is 489 g/mol. The molecule has 0 unspecified atom stereocenters. The zero-order valence-corrected chi connectivity index (χ0v) is 20.2. The number of piperidine rings is 1. The molecule has 0 saturated carbocycles. The minimum Gasteiger partial charge on any atom is -0.395 e. The lowest BCUT2D eigenvalue weighted by Gasteiger charge is -2.47. The number of nitrogens with one attached hydrogen (secondary N) is 1. The highest BCUT2D eigenvalue weighted by molar-refractivity contribution is 6.35. The van der Waals surface area contributed by atoms with Crippen LogP contribution in [-0.4, -0.2) is 59.5 Å². The summed E-state index contributed by atoms with van der Waals surface area (Å²) in [7, 11) is 0. The number of hydrogen-bond acceptors (Lipinski definition) is 7. The summed E-state index contributed by atoms with van der Waals surface area (Å²) in [5.74, 6) is 2.28. The van der Waals surface area contributed by atoms with Gasteiger partial charge in [-0.3, -0.25) is 0 Å². The number of anilines is 2. The second-order valence-electron chi connectivity index (χ2n) is 9.19. The Morgan fingerprint density at radius 3 is 2.85 bits per heavy atom. The Labute approximate surface area is 203 Å². The van der Waals surface area contributed by atoms with Crippen LogP contribution in [-0.2, 0) is 0 Å². The van der Waals surface area contributed by atoms with Gasteiger partial charge in [-0.2, -0.15) is 0 Å². The molecule has 2 saturated heterocycles. The molecule has 0 aliphatic carbocycles. The average Bonchev–Trinajstić information content (AvgIpc) is 3.22. The second-order valence-corrected chi connectivity index (χ2v) is 10.0. The second kappa shape index (κ2) is 9.66. The molecule has 9 heteroatoms. The number of β-amino-alcohol motifs (C(OH)–C–C–N with tert-alkyl or cyclic N) is 1. The van der Waals surface area contributed by atoms with Gasteiger partial charge in [0, 0.05) is 42.3 Å². The smallest absolute Gasteiger partial charge is 0.208 e. The number of rotatable bonds is 7. The van der Waals surface area contributed by atoms with Gasteiger partial charge < -0.3 is 24.7 Å². The van der Waals surface area contributed by atoms with Crippen LogP contribution in [0.1, 0.15) is 31.4 Å². The first-order valence-electron chi connectivity index (χ1n) is 11.6. The van der Waals surface area contributed by atoms with E-state index in [9.17, 15) is 5.11 Å². The summed E-state index contributed by atoms with van der Waals surface area (Å²) in [5.41, 5.74) is 3.18. The quantitative estimate of drug-likeness (QED) is 0.491. The first kappa shape index (κ1) is 22.7. The normalized spacial score (nSPS) is 20.7. The maximum atomic E-state index is 9.27. The van der Waals surface area contributed by atoms with E-state index in [-0.39, 0.29) is 12.6 Å². The number of halogens is 2. The minimum absolute atomic E-state index is 0.0535. The predicted octanol–water partition coefficient (Wildman–Crippen LogP) is 4.84. The summed E-state index contributed by atoms with van der Waals surface area (Å²) in [6, 6.07) is 7.53. The third-order valence-corrected chi connectivity index (χ3v) is 7.53. The zero-order chi connectivity index (χ0) is 22.9. The van der Waals surface area contributed by atoms with E-state index in [1.54, 1.807) is 12.3 Å². The van der Waals surface area contributed by atoms with E-state index < -0.39 is 0 Å². The molecule has 3 aromatic rings. The SMILES string of the molecule is C[C@@H](Nc1cc(N2CC([C@H]3CCCN(CCO)C3)C2)nc2cnoc12)c1ccc(Cl)cc1Cl. The summed E-state index contributed by atoms with van der Waals surface area (Å²) in [5, 5.41) is 18.0. The molecule has 2 fully saturated rings. The van der Waals surface area contributed by atoms with Crippen molar-refractivity contribution in [3.05, 3.63) is 46.1 Å². The van der Waals surface area contributed by atoms with Crippen molar-refractivity contribution in [1.82, 2.24) is 15.0 Å². The van der Waals surface area contributed by atoms with Crippen molar-refractivity contribution in [1.29, 1.82) is 0 Å². The number of likely N-dealkylation sites (tertiary alicyclic amines) is 1. The van der Waals surface area contributed by atoms with Crippen LogP contribution in [0, 0.1) is 11.8 Å². The Morgan fingerprint density at radius 1 is 1.21 bits per heavy atom. The van der Waals surface area contributed by atoms with Crippen LogP contribution < -0.4 is 10.2 Å². The standard InChI is InChI=1S/C24H29Cl2N5O2/c1-15(19-5-4-18(25)9-20(19)26)28-21-10-23(29-22-11-27-33-24(21)22)31-13-17(14-31)16-3-2-6-30(12-16)7-8-32/h4-5,9-11,15-17,32H,2-3,6-8,12-14H2,1H3,(H,28,29)/t15-,16+/m1/s1. The van der Waals surface area contributed by atoms with Gasteiger partial charge in [-0.25, -0.2) is 4.98 Å². The van der Waals surface area contributed by atoms with Gasteiger partial charge >= 0.3 is 0 Å². The number of hydrogen-bond donors (Lipinski definition) is 2. The molecular weight excluding hydrogens is 461 g/mol. The lowest BCUT2D eigenvalue weighted by Crippen LogP contribution is -2.54. The molecule has 0 spiro atoms. The highest BCUT2D eigenvalue weighted by Crippen LogP contribution is 2.37. The number of benzene rings is 1. The summed E-state index contributed by atoms with van der Waals surface area (Å²) >= 11 is 12.5. The first-order valence-corrected chi connectivity index (χ1v) is 12.3. The van der Waals surface area contributed by atoms with Crippen molar-refractivity contribution in [3.8, 4) is 0 Å². The Morgan fingerprint density at radius 2 is 2.06 bits per heavy atom. The van der Waals surface area contributed by atoms with Crippen LogP contribution in [0.2, 0.25) is 10.0 Å². The zero-order valence-electron chi connectivity index (χ0n) is 18.7. The van der Waals surface area contributed by atoms with Gasteiger partial charge in [0.15, 0.2) is 0 Å². The van der Waals surface area contributed by atoms with E-state index >= 15 is 0 Å². The summed E-state index contributed by atoms with van der Waals surface area (Å²) in [6.07, 6.45) is 4.14. The number of nitrogens with zero attached hydrogens (tertiary/aromatic N) is 4. The Hall–Kier alpha value is -2.06. The average molecular weight is 490 g/mol. The molecular formula is C24H29Cl2N5O2. The fourth-order valence-corrected chi connectivity index (χ4v) is 5.68. The summed E-state index contributed by atoms with van der Waals surface area (Å²) < 4.78 is 5.50. The van der Waals surface area contributed by atoms with Gasteiger partial charge in [-0.1, -0.05) is 34.4 Å². The lowest BCUT2D eigenvalue weighted by atomic mass is 9.80. The highest BCUT2D eigenvalue weighted by atomic mass is 35.5. The molecule has 33 heavy (non-hydrogen) atoms. The Bertz CT molecular complexity index is 1120. The van der Waals surface area contributed by atoms with Crippen LogP contribution >= 0.6 is 23.2 Å². The number of fused-ring (bicyclic) bond motifs is 1. The van der Waals surface area contributed by atoms with E-state index in [0.717, 1.165) is 55.3 Å². The number of aromatic nitrogens is 2. The molecule has 0 bridgehead atoms. The third-order valence-electron chi connectivity index (χ3n) is 6.96. The van der Waals surface area contributed by atoms with Crippen LogP contribution in [0.4, 0.5) is 11.5 Å². The van der Waals surface area contributed by atoms with Gasteiger partial charge in [0.05, 0.1) is 24.5 Å². The topological polar surface area (TPSA) is 77.7 Å². The number of aliphatic hydroxyl groups excluding tert-OH is 1. The highest BCUT2D eigenvalue weighted by Gasteiger charge is 2.36. The maximum Gasteiger partial charge on any atom is 0.208 e. The molecule has 1 aromatic carbocycles. The predicted molar refractivity (Wildman–Crippen MR) is 132 cm³/mol. The van der Waals surface area contributed by atoms with E-state index in [0.29, 0.717) is 27.5 Å². The molecule has 2 aliphatic heterocycles. The molecule has 4 heterocycles. The lowest BCUT2D eigenvalue weighted by molar-refractivity contribution is 0.102. The van der Waals surface area contributed by atoms with Crippen LogP contribution in [0.25, 0.3) is 11.1 Å². The molecule has 0 radical (unpaired) electrons. The fourth-order valence-electron chi connectivity index (χ4n) is 5.10. The summed E-state index contributed by atoms with van der Waals surface area (Å²) in [6.45, 7) is 7.26. The minimum atomic E-state index is -0.0535. The molecule has 0 amide bonds. The van der Waals surface area contributed by atoms with Crippen LogP contribution in [0.5, 0.6) is 0 Å². The van der Waals surface area contributed by atoms with E-state index in [1.165, 1.54) is 12.8 Å². The molecule has 7 nitrogen and oxygen atoms in total. The largest absolute Gasteiger partial charge is 0.395 e. The van der Waals surface area contributed by atoms with Crippen molar-refractivity contribution in [2.24, 2.45) is 11.8 Å². The van der Waals surface area contributed by atoms with Crippen molar-refractivity contribution < 1.29 is 9.63 Å². The molecule has 2 N–H and O–H groups in total. The number of aliphatic hydroxyl groups is 1. The van der Waals surface area contributed by atoms with Crippen LogP contribution in [0.15, 0.2) is 35.0 Å². The van der Waals surface area contributed by atoms with E-state index in [1.807, 2.05) is 18.2 Å². The van der Waals surface area contributed by atoms with Crippen molar-refractivity contribution in [2.45, 2.75) is 25.8 Å². The maximum absolute atomic E-state index is 9.27. The molecule has 2 aliphatic rings. The first-order chi connectivity index (χ1) is 16.0. The van der Waals surface area contributed by atoms with Crippen molar-refractivity contribution >= 4 is 45.8 Å². The van der Waals surface area contributed by atoms with Gasteiger partial charge in [-0.05, 0) is 55.8 Å². The molecule has 176 valence electrons. The fraction of sp³-hybridized carbons (Fsp3) is 0.500. The van der Waals surface area contributed by atoms with Crippen molar-refractivity contribution in [2.75, 3.05) is 49.5 Å². The molecule has 5 rings (SSSR count). The van der Waals surface area contributed by atoms with E-state index in [2.05, 4.69) is 27.2 Å². The van der Waals surface area contributed by atoms with Crippen LogP contribution in [0.3, 0.4) is 0 Å².